The molecule has 6 nitrogen and oxygen atoms in total. The first kappa shape index (κ1) is 10.1. The summed E-state index contributed by atoms with van der Waals surface area (Å²) < 4.78 is 4.89. The number of nitrogens with one attached hydrogen (secondary N) is 2. The summed E-state index contributed by atoms with van der Waals surface area (Å²) in [6.45, 7) is 2.34. The lowest BCUT2D eigenvalue weighted by Crippen LogP contribution is -2.39. The fourth-order valence-corrected chi connectivity index (χ4v) is 0.819. The molecule has 1 rings (SSSR count). The molecule has 14 heavy (non-hydrogen) atoms. The van der Waals surface area contributed by atoms with E-state index in [2.05, 4.69) is 15.6 Å². The third kappa shape index (κ3) is 3.18. The third-order valence-corrected chi connectivity index (χ3v) is 1.33. The van der Waals surface area contributed by atoms with Gasteiger partial charge in [0, 0.05) is 12.6 Å². The largest absolute Gasteiger partial charge is 0.449 e. The number of nitrogens with zero attached hydrogens (tertiary/aromatic N) is 1. The number of hydrogen-bond donors (Lipinski definition) is 3. The number of hydrogen-bond acceptors (Lipinski definition) is 3. The van der Waals surface area contributed by atoms with Gasteiger partial charge in [0.25, 0.3) is 0 Å². The van der Waals surface area contributed by atoms with Crippen LogP contribution in [0.4, 0.5) is 10.7 Å². The molecule has 6 heteroatoms. The first-order valence-corrected chi connectivity index (χ1v) is 4.13. The van der Waals surface area contributed by atoms with E-state index in [-0.39, 0.29) is 5.96 Å². The molecule has 0 saturated carbocycles. The van der Waals surface area contributed by atoms with Gasteiger partial charge >= 0.3 is 6.03 Å². The van der Waals surface area contributed by atoms with Crippen LogP contribution < -0.4 is 16.4 Å². The molecule has 0 spiro atoms. The number of aliphatic imine (C=N–C) groups is 1. The van der Waals surface area contributed by atoms with Crippen LogP contribution in [0.1, 0.15) is 6.92 Å². The fourth-order valence-electron chi connectivity index (χ4n) is 0.819. The highest BCUT2D eigenvalue weighted by Gasteiger charge is 2.03. The zero-order valence-corrected chi connectivity index (χ0v) is 7.78. The van der Waals surface area contributed by atoms with Gasteiger partial charge in [-0.3, -0.25) is 15.6 Å². The van der Waals surface area contributed by atoms with Gasteiger partial charge in [0.05, 0.1) is 6.26 Å². The Morgan fingerprint density at radius 1 is 1.71 bits per heavy atom. The second kappa shape index (κ2) is 4.90. The second-order valence-corrected chi connectivity index (χ2v) is 2.42. The maximum absolute atomic E-state index is 11.2. The van der Waals surface area contributed by atoms with Gasteiger partial charge in [-0.15, -0.1) is 0 Å². The molecule has 0 aliphatic carbocycles. The van der Waals surface area contributed by atoms with E-state index in [4.69, 9.17) is 10.2 Å². The highest BCUT2D eigenvalue weighted by Crippen LogP contribution is 2.05. The molecule has 0 aliphatic heterocycles. The Morgan fingerprint density at radius 2 is 2.50 bits per heavy atom. The molecule has 1 aromatic heterocycles. The normalized spacial score (nSPS) is 11.1. The summed E-state index contributed by atoms with van der Waals surface area (Å²) in [5.74, 6) is 0.434. The summed E-state index contributed by atoms with van der Waals surface area (Å²) in [5, 5.41) is 4.77. The lowest BCUT2D eigenvalue weighted by atomic mass is 10.6. The van der Waals surface area contributed by atoms with E-state index in [9.17, 15) is 4.79 Å². The molecule has 0 bridgehead atoms. The predicted octanol–water partition coefficient (Wildman–Crippen LogP) is 0.736. The van der Waals surface area contributed by atoms with Gasteiger partial charge in [-0.25, -0.2) is 4.79 Å². The van der Waals surface area contributed by atoms with Crippen LogP contribution in [0, 0.1) is 0 Å². The molecule has 0 saturated heterocycles. The molecule has 1 heterocycles. The smallest absolute Gasteiger partial charge is 0.328 e. The monoisotopic (exact) mass is 196 g/mol. The average molecular weight is 196 g/mol. The van der Waals surface area contributed by atoms with E-state index in [0.29, 0.717) is 12.4 Å². The maximum atomic E-state index is 11.2. The van der Waals surface area contributed by atoms with Gasteiger partial charge in [-0.05, 0) is 13.0 Å². The molecular formula is C8H12N4O2. The van der Waals surface area contributed by atoms with Crippen LogP contribution in [0.15, 0.2) is 27.8 Å². The molecule has 0 aliphatic rings. The predicted molar refractivity (Wildman–Crippen MR) is 53.0 cm³/mol. The molecule has 76 valence electrons. The van der Waals surface area contributed by atoms with Crippen molar-refractivity contribution in [2.24, 2.45) is 10.7 Å². The number of guanidine groups is 1. The third-order valence-electron chi connectivity index (χ3n) is 1.33. The Morgan fingerprint density at radius 3 is 3.07 bits per heavy atom. The standard InChI is InChI=1S/C8H12N4O2/c1-2-10-7(9)12-8(13)11-6-4-3-5-14-6/h3-5H,2H2,1H3,(H4,9,10,11,12,13). The minimum absolute atomic E-state index is 0.0801. The lowest BCUT2D eigenvalue weighted by Gasteiger charge is -2.03. The summed E-state index contributed by atoms with van der Waals surface area (Å²) in [6, 6.07) is 2.81. The molecule has 0 aromatic carbocycles. The molecule has 0 unspecified atom stereocenters. The Kier molecular flexibility index (Phi) is 3.54. The highest BCUT2D eigenvalue weighted by molar-refractivity contribution is 6.01. The summed E-state index contributed by atoms with van der Waals surface area (Å²) in [4.78, 5) is 14.9. The number of furan rings is 1. The van der Waals surface area contributed by atoms with E-state index in [1.54, 1.807) is 12.1 Å². The van der Waals surface area contributed by atoms with E-state index >= 15 is 0 Å². The number of carbonyl (C=O) groups is 1. The first-order valence-electron chi connectivity index (χ1n) is 4.13. The molecule has 0 radical (unpaired) electrons. The van der Waals surface area contributed by atoms with Gasteiger partial charge in [-0.2, -0.15) is 0 Å². The zero-order valence-electron chi connectivity index (χ0n) is 7.78. The number of anilines is 1. The SMILES string of the molecule is CCN=C(N)NC(=O)Nc1ccco1. The van der Waals surface area contributed by atoms with Crippen LogP contribution in [0.2, 0.25) is 0 Å². The quantitative estimate of drug-likeness (QED) is 0.481. The number of urea groups is 1. The van der Waals surface area contributed by atoms with E-state index < -0.39 is 6.03 Å². The van der Waals surface area contributed by atoms with Crippen molar-refractivity contribution >= 4 is 17.9 Å². The van der Waals surface area contributed by atoms with Crippen molar-refractivity contribution in [2.45, 2.75) is 6.92 Å². The van der Waals surface area contributed by atoms with Crippen molar-refractivity contribution in [3.63, 3.8) is 0 Å². The Bertz CT molecular complexity index is 318. The first-order chi connectivity index (χ1) is 6.72. The van der Waals surface area contributed by atoms with Crippen LogP contribution in [0.3, 0.4) is 0 Å². The summed E-state index contributed by atoms with van der Waals surface area (Å²) >= 11 is 0. The maximum Gasteiger partial charge on any atom is 0.328 e. The second-order valence-electron chi connectivity index (χ2n) is 2.42. The molecule has 0 atom stereocenters. The van der Waals surface area contributed by atoms with E-state index in [1.165, 1.54) is 6.26 Å². The Balaban J connectivity index is 2.40. The molecular weight excluding hydrogens is 184 g/mol. The van der Waals surface area contributed by atoms with E-state index in [0.717, 1.165) is 0 Å². The molecule has 4 N–H and O–H groups in total. The van der Waals surface area contributed by atoms with Crippen molar-refractivity contribution in [3.8, 4) is 0 Å². The number of carbonyl (C=O) groups excluding carboxylic acids is 1. The molecule has 2 amide bonds. The topological polar surface area (TPSA) is 92.6 Å². The average Bonchev–Trinajstić information content (AvgIpc) is 2.56. The van der Waals surface area contributed by atoms with Crippen molar-refractivity contribution in [1.29, 1.82) is 0 Å². The number of rotatable bonds is 2. The van der Waals surface area contributed by atoms with Gasteiger partial charge < -0.3 is 10.2 Å². The van der Waals surface area contributed by atoms with Crippen molar-refractivity contribution in [3.05, 3.63) is 18.4 Å². The Labute approximate surface area is 81.2 Å². The van der Waals surface area contributed by atoms with Crippen molar-refractivity contribution in [1.82, 2.24) is 5.32 Å². The minimum atomic E-state index is -0.477. The van der Waals surface area contributed by atoms with Gasteiger partial charge in [0.2, 0.25) is 5.88 Å². The van der Waals surface area contributed by atoms with Gasteiger partial charge in [0.15, 0.2) is 5.96 Å². The Hall–Kier alpha value is -1.98. The fraction of sp³-hybridized carbons (Fsp3) is 0.250. The van der Waals surface area contributed by atoms with Gasteiger partial charge in [-0.1, -0.05) is 0 Å². The van der Waals surface area contributed by atoms with Crippen LogP contribution >= 0.6 is 0 Å². The van der Waals surface area contributed by atoms with Crippen LogP contribution in [0.5, 0.6) is 0 Å². The van der Waals surface area contributed by atoms with Crippen molar-refractivity contribution < 1.29 is 9.21 Å². The number of nitrogens with two attached hydrogens (primary N) is 1. The molecule has 1 aromatic rings. The van der Waals surface area contributed by atoms with Crippen LogP contribution in [-0.2, 0) is 0 Å². The summed E-state index contributed by atoms with van der Waals surface area (Å²) in [7, 11) is 0. The highest BCUT2D eigenvalue weighted by atomic mass is 16.3. The lowest BCUT2D eigenvalue weighted by molar-refractivity contribution is 0.255. The van der Waals surface area contributed by atoms with E-state index in [1.807, 2.05) is 6.92 Å². The number of amides is 2. The zero-order chi connectivity index (χ0) is 10.4. The molecule has 0 fully saturated rings. The minimum Gasteiger partial charge on any atom is -0.449 e. The van der Waals surface area contributed by atoms with Gasteiger partial charge in [0.1, 0.15) is 0 Å². The van der Waals surface area contributed by atoms with Crippen LogP contribution in [-0.4, -0.2) is 18.5 Å². The van der Waals surface area contributed by atoms with Crippen molar-refractivity contribution in [2.75, 3.05) is 11.9 Å². The summed E-state index contributed by atoms with van der Waals surface area (Å²) in [5.41, 5.74) is 5.36. The van der Waals surface area contributed by atoms with Crippen LogP contribution in [0.25, 0.3) is 0 Å². The summed E-state index contributed by atoms with van der Waals surface area (Å²) in [6.07, 6.45) is 1.46.